The van der Waals surface area contributed by atoms with E-state index in [-0.39, 0.29) is 17.3 Å². The Kier molecular flexibility index (Phi) is 4.38. The lowest BCUT2D eigenvalue weighted by Crippen LogP contribution is -2.25. The summed E-state index contributed by atoms with van der Waals surface area (Å²) in [6.07, 6.45) is 0. The van der Waals surface area contributed by atoms with Crippen molar-refractivity contribution in [1.29, 1.82) is 0 Å². The SMILES string of the molecule is O=C1COc2ccc(C(Br)c3cc(Br)cc(Br)c3)cc2N1. The molecule has 0 saturated heterocycles. The van der Waals surface area contributed by atoms with Gasteiger partial charge in [-0.25, -0.2) is 0 Å². The number of alkyl halides is 1. The highest BCUT2D eigenvalue weighted by atomic mass is 79.9. The van der Waals surface area contributed by atoms with Gasteiger partial charge in [0.25, 0.3) is 5.91 Å². The maximum atomic E-state index is 11.4. The molecule has 0 bridgehead atoms. The highest BCUT2D eigenvalue weighted by Crippen LogP contribution is 2.38. The molecular formula is C15H10Br3NO2. The largest absolute Gasteiger partial charge is 0.482 e. The maximum absolute atomic E-state index is 11.4. The molecule has 1 aliphatic rings. The lowest BCUT2D eigenvalue weighted by Gasteiger charge is -2.20. The summed E-state index contributed by atoms with van der Waals surface area (Å²) in [4.78, 5) is 11.4. The van der Waals surface area contributed by atoms with Crippen molar-refractivity contribution < 1.29 is 9.53 Å². The van der Waals surface area contributed by atoms with E-state index in [1.807, 2.05) is 24.3 Å². The number of fused-ring (bicyclic) bond motifs is 1. The second-order valence-electron chi connectivity index (χ2n) is 4.66. The zero-order chi connectivity index (χ0) is 15.0. The molecule has 1 amide bonds. The Hall–Kier alpha value is -0.850. The number of ether oxygens (including phenoxy) is 1. The van der Waals surface area contributed by atoms with Gasteiger partial charge in [0, 0.05) is 8.95 Å². The minimum absolute atomic E-state index is 0.0235. The van der Waals surface area contributed by atoms with Crippen molar-refractivity contribution >= 4 is 59.4 Å². The second kappa shape index (κ2) is 6.10. The summed E-state index contributed by atoms with van der Waals surface area (Å²) >= 11 is 10.7. The van der Waals surface area contributed by atoms with Crippen LogP contribution in [0.4, 0.5) is 5.69 Å². The van der Waals surface area contributed by atoms with Crippen molar-refractivity contribution in [2.24, 2.45) is 0 Å². The van der Waals surface area contributed by atoms with Crippen LogP contribution in [0.5, 0.6) is 5.75 Å². The van der Waals surface area contributed by atoms with E-state index in [2.05, 4.69) is 65.2 Å². The van der Waals surface area contributed by atoms with Gasteiger partial charge in [-0.1, -0.05) is 53.9 Å². The number of hydrogen-bond donors (Lipinski definition) is 1. The Bertz CT molecular complexity index is 698. The van der Waals surface area contributed by atoms with Crippen LogP contribution in [-0.4, -0.2) is 12.5 Å². The lowest BCUT2D eigenvalue weighted by atomic mass is 10.0. The molecule has 0 radical (unpaired) electrons. The van der Waals surface area contributed by atoms with Crippen LogP contribution in [0.25, 0.3) is 0 Å². The van der Waals surface area contributed by atoms with Crippen molar-refractivity contribution in [2.45, 2.75) is 4.83 Å². The predicted octanol–water partition coefficient (Wildman–Crippen LogP) is 5.03. The van der Waals surface area contributed by atoms with E-state index < -0.39 is 0 Å². The third-order valence-corrected chi connectivity index (χ3v) is 5.08. The number of hydrogen-bond acceptors (Lipinski definition) is 2. The van der Waals surface area contributed by atoms with Gasteiger partial charge in [0.15, 0.2) is 6.61 Å². The molecule has 2 aromatic rings. The van der Waals surface area contributed by atoms with Crippen LogP contribution in [0.15, 0.2) is 45.3 Å². The number of amides is 1. The highest BCUT2D eigenvalue weighted by Gasteiger charge is 2.19. The van der Waals surface area contributed by atoms with E-state index in [0.717, 1.165) is 20.1 Å². The van der Waals surface area contributed by atoms with Crippen LogP contribution in [0.2, 0.25) is 0 Å². The monoisotopic (exact) mass is 473 g/mol. The molecule has 3 nitrogen and oxygen atoms in total. The van der Waals surface area contributed by atoms with Crippen molar-refractivity contribution in [3.63, 3.8) is 0 Å². The molecule has 2 aromatic carbocycles. The summed E-state index contributed by atoms with van der Waals surface area (Å²) in [6, 6.07) is 11.9. The quantitative estimate of drug-likeness (QED) is 0.619. The number of halogens is 3. The average Bonchev–Trinajstić information content (AvgIpc) is 2.44. The Morgan fingerprint density at radius 2 is 1.76 bits per heavy atom. The molecule has 21 heavy (non-hydrogen) atoms. The number of nitrogens with one attached hydrogen (secondary N) is 1. The van der Waals surface area contributed by atoms with Gasteiger partial charge in [-0.15, -0.1) is 0 Å². The molecule has 108 valence electrons. The number of carbonyl (C=O) groups is 1. The summed E-state index contributed by atoms with van der Waals surface area (Å²) in [7, 11) is 0. The van der Waals surface area contributed by atoms with Crippen LogP contribution in [0.3, 0.4) is 0 Å². The summed E-state index contributed by atoms with van der Waals surface area (Å²) in [5.74, 6) is 0.574. The summed E-state index contributed by atoms with van der Waals surface area (Å²) < 4.78 is 7.38. The fourth-order valence-electron chi connectivity index (χ4n) is 2.17. The Labute approximate surface area is 147 Å². The van der Waals surface area contributed by atoms with Gasteiger partial charge in [0.2, 0.25) is 0 Å². The van der Waals surface area contributed by atoms with Crippen LogP contribution < -0.4 is 10.1 Å². The van der Waals surface area contributed by atoms with Gasteiger partial charge in [0.05, 0.1) is 10.5 Å². The van der Waals surface area contributed by atoms with Gasteiger partial charge in [-0.3, -0.25) is 4.79 Å². The normalized spacial score (nSPS) is 14.9. The Morgan fingerprint density at radius 1 is 1.05 bits per heavy atom. The molecule has 1 unspecified atom stereocenters. The first-order valence-electron chi connectivity index (χ1n) is 6.19. The van der Waals surface area contributed by atoms with Crippen LogP contribution in [0, 0.1) is 0 Å². The second-order valence-corrected chi connectivity index (χ2v) is 7.40. The lowest BCUT2D eigenvalue weighted by molar-refractivity contribution is -0.118. The van der Waals surface area contributed by atoms with E-state index in [1.165, 1.54) is 0 Å². The van der Waals surface area contributed by atoms with Gasteiger partial charge in [-0.05, 0) is 41.5 Å². The average molecular weight is 476 g/mol. The van der Waals surface area contributed by atoms with Crippen LogP contribution in [-0.2, 0) is 4.79 Å². The number of anilines is 1. The molecule has 1 heterocycles. The van der Waals surface area contributed by atoms with E-state index >= 15 is 0 Å². The number of benzene rings is 2. The first-order valence-corrected chi connectivity index (χ1v) is 8.70. The van der Waals surface area contributed by atoms with Crippen LogP contribution >= 0.6 is 47.8 Å². The number of carbonyl (C=O) groups excluding carboxylic acids is 1. The van der Waals surface area contributed by atoms with Gasteiger partial charge >= 0.3 is 0 Å². The standard InChI is InChI=1S/C15H10Br3NO2/c16-10-3-9(4-11(17)6-10)15(18)8-1-2-13-12(5-8)19-14(20)7-21-13/h1-6,15H,7H2,(H,19,20). The predicted molar refractivity (Wildman–Crippen MR) is 93.2 cm³/mol. The molecule has 0 spiro atoms. The molecule has 1 aliphatic heterocycles. The van der Waals surface area contributed by atoms with Gasteiger partial charge < -0.3 is 10.1 Å². The molecule has 1 N–H and O–H groups in total. The smallest absolute Gasteiger partial charge is 0.262 e. The molecule has 0 aliphatic carbocycles. The number of rotatable bonds is 2. The van der Waals surface area contributed by atoms with Gasteiger partial charge in [-0.2, -0.15) is 0 Å². The molecule has 6 heteroatoms. The summed E-state index contributed by atoms with van der Waals surface area (Å²) in [5.41, 5.74) is 2.87. The first-order chi connectivity index (χ1) is 10.0. The third kappa shape index (κ3) is 3.33. The summed E-state index contributed by atoms with van der Waals surface area (Å²) in [5, 5.41) is 2.83. The van der Waals surface area contributed by atoms with E-state index in [4.69, 9.17) is 4.74 Å². The fourth-order valence-corrected chi connectivity index (χ4v) is 4.05. The van der Waals surface area contributed by atoms with Crippen molar-refractivity contribution in [3.05, 3.63) is 56.5 Å². The highest BCUT2D eigenvalue weighted by molar-refractivity contribution is 9.11. The zero-order valence-electron chi connectivity index (χ0n) is 10.7. The zero-order valence-corrected chi connectivity index (χ0v) is 15.5. The minimum Gasteiger partial charge on any atom is -0.482 e. The fraction of sp³-hybridized carbons (Fsp3) is 0.133. The van der Waals surface area contributed by atoms with Crippen molar-refractivity contribution in [1.82, 2.24) is 0 Å². The molecule has 0 fully saturated rings. The molecule has 0 aromatic heterocycles. The molecule has 0 saturated carbocycles. The Balaban J connectivity index is 1.96. The molecule has 3 rings (SSSR count). The third-order valence-electron chi connectivity index (χ3n) is 3.11. The van der Waals surface area contributed by atoms with Crippen molar-refractivity contribution in [2.75, 3.05) is 11.9 Å². The molecule has 1 atom stereocenters. The molecular weight excluding hydrogens is 466 g/mol. The minimum atomic E-state index is -0.129. The van der Waals surface area contributed by atoms with Gasteiger partial charge in [0.1, 0.15) is 5.75 Å². The summed E-state index contributed by atoms with van der Waals surface area (Å²) in [6.45, 7) is 0.0721. The van der Waals surface area contributed by atoms with E-state index in [1.54, 1.807) is 0 Å². The van der Waals surface area contributed by atoms with E-state index in [9.17, 15) is 4.79 Å². The first kappa shape index (κ1) is 15.1. The topological polar surface area (TPSA) is 38.3 Å². The van der Waals surface area contributed by atoms with Crippen molar-refractivity contribution in [3.8, 4) is 5.75 Å². The van der Waals surface area contributed by atoms with Crippen LogP contribution in [0.1, 0.15) is 16.0 Å². The maximum Gasteiger partial charge on any atom is 0.262 e. The van der Waals surface area contributed by atoms with E-state index in [0.29, 0.717) is 11.4 Å². The Morgan fingerprint density at radius 3 is 2.48 bits per heavy atom.